The minimum atomic E-state index is 0.00877. The Labute approximate surface area is 137 Å². The lowest BCUT2D eigenvalue weighted by Gasteiger charge is -2.27. The molecule has 1 aliphatic heterocycles. The number of nitrogens with two attached hydrogens (primary N) is 1. The molecule has 0 unspecified atom stereocenters. The number of piperidine rings is 1. The van der Waals surface area contributed by atoms with Gasteiger partial charge in [-0.25, -0.2) is 0 Å². The van der Waals surface area contributed by atoms with Gasteiger partial charge in [-0.3, -0.25) is 9.59 Å². The molecule has 2 amide bonds. The van der Waals surface area contributed by atoms with Crippen LogP contribution in [0.1, 0.15) is 44.9 Å². The predicted molar refractivity (Wildman–Crippen MR) is 91.2 cm³/mol. The molecule has 1 heterocycles. The molecule has 3 rings (SSSR count). The first-order chi connectivity index (χ1) is 11.1. The van der Waals surface area contributed by atoms with Gasteiger partial charge in [-0.1, -0.05) is 12.5 Å². The molecule has 3 N–H and O–H groups in total. The fraction of sp³-hybridized carbons (Fsp3) is 0.556. The number of nitrogens with zero attached hydrogens (tertiary/aromatic N) is 1. The van der Waals surface area contributed by atoms with Crippen molar-refractivity contribution in [1.82, 2.24) is 0 Å². The van der Waals surface area contributed by atoms with Crippen molar-refractivity contribution in [2.24, 2.45) is 11.7 Å². The molecular weight excluding hydrogens is 290 g/mol. The Bertz CT molecular complexity index is 587. The molecule has 5 heteroatoms. The van der Waals surface area contributed by atoms with Gasteiger partial charge in [0.15, 0.2) is 0 Å². The summed E-state index contributed by atoms with van der Waals surface area (Å²) < 4.78 is 0. The number of anilines is 2. The second-order valence-electron chi connectivity index (χ2n) is 6.66. The first kappa shape index (κ1) is 16.0. The predicted octanol–water partition coefficient (Wildman–Crippen LogP) is 2.66. The highest BCUT2D eigenvalue weighted by atomic mass is 16.2. The number of nitrogens with one attached hydrogen (secondary N) is 1. The number of rotatable bonds is 4. The van der Waals surface area contributed by atoms with Crippen LogP contribution < -0.4 is 16.0 Å². The normalized spacial score (nSPS) is 24.7. The largest absolute Gasteiger partial charge is 0.327 e. The number of carbonyl (C=O) groups is 2. The van der Waals surface area contributed by atoms with Gasteiger partial charge in [-0.2, -0.15) is 0 Å². The zero-order valence-corrected chi connectivity index (χ0v) is 13.5. The minimum absolute atomic E-state index is 0.00877. The van der Waals surface area contributed by atoms with Gasteiger partial charge in [0.05, 0.1) is 0 Å². The fourth-order valence-corrected chi connectivity index (χ4v) is 3.60. The summed E-state index contributed by atoms with van der Waals surface area (Å²) in [5.41, 5.74) is 7.65. The highest BCUT2D eigenvalue weighted by Gasteiger charge is 2.26. The molecule has 0 spiro atoms. The van der Waals surface area contributed by atoms with Gasteiger partial charge >= 0.3 is 0 Å². The summed E-state index contributed by atoms with van der Waals surface area (Å²) in [5.74, 6) is 0.466. The van der Waals surface area contributed by atoms with Crippen LogP contribution >= 0.6 is 0 Å². The second kappa shape index (κ2) is 7.13. The van der Waals surface area contributed by atoms with Gasteiger partial charge in [0.25, 0.3) is 0 Å². The Morgan fingerprint density at radius 3 is 2.87 bits per heavy atom. The molecule has 1 saturated carbocycles. The van der Waals surface area contributed by atoms with E-state index < -0.39 is 0 Å². The van der Waals surface area contributed by atoms with E-state index >= 15 is 0 Å². The molecule has 2 aliphatic rings. The van der Waals surface area contributed by atoms with Crippen LogP contribution in [0.15, 0.2) is 24.3 Å². The first-order valence-corrected chi connectivity index (χ1v) is 8.59. The fourth-order valence-electron chi connectivity index (χ4n) is 3.60. The van der Waals surface area contributed by atoms with Crippen LogP contribution in [-0.2, 0) is 9.59 Å². The Morgan fingerprint density at radius 2 is 2.13 bits per heavy atom. The summed E-state index contributed by atoms with van der Waals surface area (Å²) in [6, 6.07) is 7.71. The van der Waals surface area contributed by atoms with Gasteiger partial charge in [0.2, 0.25) is 11.8 Å². The molecule has 23 heavy (non-hydrogen) atoms. The molecule has 2 fully saturated rings. The van der Waals surface area contributed by atoms with E-state index in [1.165, 1.54) is 0 Å². The highest BCUT2D eigenvalue weighted by molar-refractivity contribution is 5.96. The monoisotopic (exact) mass is 315 g/mol. The van der Waals surface area contributed by atoms with E-state index in [1.807, 2.05) is 29.2 Å². The lowest BCUT2D eigenvalue weighted by molar-refractivity contribution is -0.119. The average molecular weight is 315 g/mol. The van der Waals surface area contributed by atoms with Crippen molar-refractivity contribution in [2.75, 3.05) is 16.8 Å². The number of benzene rings is 1. The van der Waals surface area contributed by atoms with E-state index in [4.69, 9.17) is 5.73 Å². The summed E-state index contributed by atoms with van der Waals surface area (Å²) in [4.78, 5) is 26.0. The van der Waals surface area contributed by atoms with Crippen molar-refractivity contribution in [1.29, 1.82) is 0 Å². The zero-order valence-electron chi connectivity index (χ0n) is 13.5. The third-order valence-electron chi connectivity index (χ3n) is 4.93. The Kier molecular flexibility index (Phi) is 4.96. The van der Waals surface area contributed by atoms with Gasteiger partial charge < -0.3 is 16.0 Å². The topological polar surface area (TPSA) is 75.4 Å². The van der Waals surface area contributed by atoms with Crippen LogP contribution in [-0.4, -0.2) is 24.4 Å². The van der Waals surface area contributed by atoms with E-state index in [0.29, 0.717) is 18.8 Å². The molecule has 5 nitrogen and oxygen atoms in total. The van der Waals surface area contributed by atoms with Gasteiger partial charge in [0.1, 0.15) is 0 Å². The molecule has 0 radical (unpaired) electrons. The standard InChI is InChI=1S/C18H25N3O2/c19-16-8-3-5-13(16)11-17(22)20-14-6-4-7-15(12-14)21-10-2-1-9-18(21)23/h4,6-7,12-13,16H,1-3,5,8-11,19H2,(H,20,22)/t13-,16+/m0/s1. The van der Waals surface area contributed by atoms with Crippen LogP contribution in [0.3, 0.4) is 0 Å². The summed E-state index contributed by atoms with van der Waals surface area (Å²) in [6.07, 6.45) is 6.26. The SMILES string of the molecule is N[C@@H]1CCC[C@H]1CC(=O)Nc1cccc(N2CCCCC2=O)c1. The maximum Gasteiger partial charge on any atom is 0.226 e. The molecular formula is C18H25N3O2. The molecule has 1 aliphatic carbocycles. The minimum Gasteiger partial charge on any atom is -0.327 e. The molecule has 0 bridgehead atoms. The van der Waals surface area contributed by atoms with Crippen molar-refractivity contribution in [2.45, 2.75) is 51.0 Å². The Morgan fingerprint density at radius 1 is 1.26 bits per heavy atom. The van der Waals surface area contributed by atoms with E-state index in [9.17, 15) is 9.59 Å². The quantitative estimate of drug-likeness (QED) is 0.897. The maximum absolute atomic E-state index is 12.2. The van der Waals surface area contributed by atoms with Gasteiger partial charge in [0, 0.05) is 36.8 Å². The third kappa shape index (κ3) is 3.91. The number of hydrogen-bond donors (Lipinski definition) is 2. The molecule has 1 aromatic carbocycles. The number of hydrogen-bond acceptors (Lipinski definition) is 3. The van der Waals surface area contributed by atoms with E-state index in [-0.39, 0.29) is 17.9 Å². The third-order valence-corrected chi connectivity index (χ3v) is 4.93. The summed E-state index contributed by atoms with van der Waals surface area (Å²) in [6.45, 7) is 0.757. The first-order valence-electron chi connectivity index (χ1n) is 8.59. The maximum atomic E-state index is 12.2. The summed E-state index contributed by atoms with van der Waals surface area (Å²) in [5, 5.41) is 2.95. The van der Waals surface area contributed by atoms with Crippen molar-refractivity contribution >= 4 is 23.2 Å². The highest BCUT2D eigenvalue weighted by Crippen LogP contribution is 2.28. The van der Waals surface area contributed by atoms with Gasteiger partial charge in [-0.15, -0.1) is 0 Å². The Balaban J connectivity index is 1.63. The molecule has 2 atom stereocenters. The molecule has 1 saturated heterocycles. The lowest BCUT2D eigenvalue weighted by atomic mass is 10.00. The summed E-state index contributed by atoms with van der Waals surface area (Å²) in [7, 11) is 0. The lowest BCUT2D eigenvalue weighted by Crippen LogP contribution is -2.35. The number of carbonyl (C=O) groups excluding carboxylic acids is 2. The smallest absolute Gasteiger partial charge is 0.226 e. The van der Waals surface area contributed by atoms with Crippen LogP contribution in [0, 0.1) is 5.92 Å². The van der Waals surface area contributed by atoms with Crippen LogP contribution in [0.25, 0.3) is 0 Å². The molecule has 0 aromatic heterocycles. The summed E-state index contributed by atoms with van der Waals surface area (Å²) >= 11 is 0. The van der Waals surface area contributed by atoms with Crippen LogP contribution in [0.2, 0.25) is 0 Å². The van der Waals surface area contributed by atoms with Crippen LogP contribution in [0.5, 0.6) is 0 Å². The number of amides is 2. The molecule has 1 aromatic rings. The molecule has 124 valence electrons. The van der Waals surface area contributed by atoms with Gasteiger partial charge in [-0.05, 0) is 49.8 Å². The van der Waals surface area contributed by atoms with Crippen molar-refractivity contribution in [3.05, 3.63) is 24.3 Å². The second-order valence-corrected chi connectivity index (χ2v) is 6.66. The zero-order chi connectivity index (χ0) is 16.2. The van der Waals surface area contributed by atoms with Crippen LogP contribution in [0.4, 0.5) is 11.4 Å². The van der Waals surface area contributed by atoms with Crippen molar-refractivity contribution < 1.29 is 9.59 Å². The Hall–Kier alpha value is -1.88. The van der Waals surface area contributed by atoms with E-state index in [2.05, 4.69) is 5.32 Å². The average Bonchev–Trinajstić information content (AvgIpc) is 2.93. The van der Waals surface area contributed by atoms with E-state index in [1.54, 1.807) is 0 Å². The van der Waals surface area contributed by atoms with Crippen molar-refractivity contribution in [3.63, 3.8) is 0 Å². The van der Waals surface area contributed by atoms with Crippen molar-refractivity contribution in [3.8, 4) is 0 Å². The van der Waals surface area contributed by atoms with E-state index in [0.717, 1.165) is 50.0 Å².